The minimum absolute atomic E-state index is 0.565. The van der Waals surface area contributed by atoms with Gasteiger partial charge in [0.1, 0.15) is 0 Å². The first-order valence-corrected chi connectivity index (χ1v) is 4.40. The van der Waals surface area contributed by atoms with Crippen LogP contribution in [0.1, 0.15) is 0 Å². The predicted octanol–water partition coefficient (Wildman–Crippen LogP) is 3.60. The second-order valence-corrected chi connectivity index (χ2v) is 2.98. The summed E-state index contributed by atoms with van der Waals surface area (Å²) in [7, 11) is 0. The maximum atomic E-state index is 10.2. The molecule has 1 N–H and O–H groups in total. The second-order valence-electron chi connectivity index (χ2n) is 2.98. The maximum Gasteiger partial charge on any atom is 0.449 e. The molecule has 74 valence electrons. The molecule has 0 fully saturated rings. The largest absolute Gasteiger partial charge is 0.462 e. The van der Waals surface area contributed by atoms with Gasteiger partial charge in [-0.25, -0.2) is 4.79 Å². The zero-order valence-corrected chi connectivity index (χ0v) is 7.79. The molecule has 2 rings (SSSR count). The lowest BCUT2D eigenvalue weighted by Gasteiger charge is -1.98. The Morgan fingerprint density at radius 3 is 2.60 bits per heavy atom. The van der Waals surface area contributed by atoms with Crippen LogP contribution in [0.5, 0.6) is 0 Å². The Labute approximate surface area is 85.9 Å². The standard InChI is InChI=1S/C11H8N2O2/c14-11(15)13-12-10-7-3-5-8-4-1-2-6-9(8)10/h1-7H,(H,14,15). The van der Waals surface area contributed by atoms with E-state index in [0.29, 0.717) is 5.69 Å². The summed E-state index contributed by atoms with van der Waals surface area (Å²) in [4.78, 5) is 10.2. The highest BCUT2D eigenvalue weighted by molar-refractivity contribution is 5.92. The summed E-state index contributed by atoms with van der Waals surface area (Å²) in [5.41, 5.74) is 0.565. The first kappa shape index (κ1) is 9.33. The van der Waals surface area contributed by atoms with Gasteiger partial charge in [-0.05, 0) is 11.5 Å². The van der Waals surface area contributed by atoms with Crippen LogP contribution in [0.4, 0.5) is 10.5 Å². The van der Waals surface area contributed by atoms with Crippen molar-refractivity contribution in [3.63, 3.8) is 0 Å². The van der Waals surface area contributed by atoms with Gasteiger partial charge in [0, 0.05) is 5.39 Å². The van der Waals surface area contributed by atoms with Gasteiger partial charge in [-0.3, -0.25) is 0 Å². The van der Waals surface area contributed by atoms with E-state index in [0.717, 1.165) is 10.8 Å². The van der Waals surface area contributed by atoms with Crippen molar-refractivity contribution in [2.24, 2.45) is 10.2 Å². The summed E-state index contributed by atoms with van der Waals surface area (Å²) < 4.78 is 0. The van der Waals surface area contributed by atoms with Crippen LogP contribution in [0, 0.1) is 0 Å². The minimum Gasteiger partial charge on any atom is -0.462 e. The molecule has 0 aliphatic carbocycles. The van der Waals surface area contributed by atoms with Gasteiger partial charge in [0.2, 0.25) is 0 Å². The Balaban J connectivity index is 2.56. The third-order valence-electron chi connectivity index (χ3n) is 2.01. The molecule has 4 heteroatoms. The fraction of sp³-hybridized carbons (Fsp3) is 0. The van der Waals surface area contributed by atoms with E-state index in [2.05, 4.69) is 10.2 Å². The van der Waals surface area contributed by atoms with E-state index in [-0.39, 0.29) is 0 Å². The summed E-state index contributed by atoms with van der Waals surface area (Å²) in [6.45, 7) is 0. The topological polar surface area (TPSA) is 62.0 Å². The second kappa shape index (κ2) is 3.88. The molecule has 0 radical (unpaired) electrons. The monoisotopic (exact) mass is 200 g/mol. The Kier molecular flexibility index (Phi) is 2.41. The van der Waals surface area contributed by atoms with Gasteiger partial charge in [0.05, 0.1) is 5.69 Å². The van der Waals surface area contributed by atoms with Crippen molar-refractivity contribution in [2.45, 2.75) is 0 Å². The fourth-order valence-electron chi connectivity index (χ4n) is 1.39. The lowest BCUT2D eigenvalue weighted by molar-refractivity contribution is 0.204. The zero-order valence-electron chi connectivity index (χ0n) is 7.79. The van der Waals surface area contributed by atoms with Crippen molar-refractivity contribution in [3.8, 4) is 0 Å². The third-order valence-corrected chi connectivity index (χ3v) is 2.01. The molecular weight excluding hydrogens is 192 g/mol. The van der Waals surface area contributed by atoms with Gasteiger partial charge in [-0.2, -0.15) is 0 Å². The van der Waals surface area contributed by atoms with E-state index in [9.17, 15) is 4.79 Å². The lowest BCUT2D eigenvalue weighted by atomic mass is 10.1. The van der Waals surface area contributed by atoms with E-state index in [1.165, 1.54) is 0 Å². The molecule has 0 aliphatic rings. The molecular formula is C11H8N2O2. The molecule has 0 spiro atoms. The number of azo groups is 1. The van der Waals surface area contributed by atoms with E-state index in [1.54, 1.807) is 6.07 Å². The molecule has 2 aromatic rings. The number of benzene rings is 2. The Hall–Kier alpha value is -2.23. The summed E-state index contributed by atoms with van der Waals surface area (Å²) in [6.07, 6.45) is -1.29. The molecule has 0 bridgehead atoms. The number of carboxylic acid groups (broad SMARTS) is 1. The van der Waals surface area contributed by atoms with Gasteiger partial charge in [-0.1, -0.05) is 41.5 Å². The van der Waals surface area contributed by atoms with Crippen molar-refractivity contribution in [2.75, 3.05) is 0 Å². The van der Waals surface area contributed by atoms with Gasteiger partial charge >= 0.3 is 6.09 Å². The molecule has 0 saturated carbocycles. The smallest absolute Gasteiger partial charge is 0.449 e. The Bertz CT molecular complexity index is 530. The highest BCUT2D eigenvalue weighted by Crippen LogP contribution is 2.25. The van der Waals surface area contributed by atoms with Gasteiger partial charge in [0.25, 0.3) is 0 Å². The molecule has 1 amide bonds. The molecule has 0 unspecified atom stereocenters. The zero-order chi connectivity index (χ0) is 10.7. The summed E-state index contributed by atoms with van der Waals surface area (Å²) >= 11 is 0. The number of rotatable bonds is 1. The number of amides is 1. The predicted molar refractivity (Wildman–Crippen MR) is 56.5 cm³/mol. The number of nitrogens with zero attached hydrogens (tertiary/aromatic N) is 2. The number of fused-ring (bicyclic) bond motifs is 1. The van der Waals surface area contributed by atoms with Gasteiger partial charge in [-0.15, -0.1) is 5.11 Å². The maximum absolute atomic E-state index is 10.2. The summed E-state index contributed by atoms with van der Waals surface area (Å²) in [5, 5.41) is 17.0. The van der Waals surface area contributed by atoms with Crippen molar-refractivity contribution in [3.05, 3.63) is 42.5 Å². The van der Waals surface area contributed by atoms with E-state index >= 15 is 0 Å². The van der Waals surface area contributed by atoms with Gasteiger partial charge < -0.3 is 5.11 Å². The molecule has 0 saturated heterocycles. The number of carbonyl (C=O) groups is 1. The van der Waals surface area contributed by atoms with E-state index in [1.807, 2.05) is 36.4 Å². The molecule has 0 aromatic heterocycles. The number of hydrogen-bond acceptors (Lipinski definition) is 2. The highest BCUT2D eigenvalue weighted by atomic mass is 16.4. The average molecular weight is 200 g/mol. The van der Waals surface area contributed by atoms with Crippen molar-refractivity contribution >= 4 is 22.6 Å². The third kappa shape index (κ3) is 1.99. The lowest BCUT2D eigenvalue weighted by Crippen LogP contribution is -1.81. The van der Waals surface area contributed by atoms with Gasteiger partial charge in [0.15, 0.2) is 0 Å². The quantitative estimate of drug-likeness (QED) is 0.715. The molecule has 0 heterocycles. The van der Waals surface area contributed by atoms with E-state index in [4.69, 9.17) is 5.11 Å². The fourth-order valence-corrected chi connectivity index (χ4v) is 1.39. The van der Waals surface area contributed by atoms with Crippen LogP contribution in [0.25, 0.3) is 10.8 Å². The molecule has 0 aliphatic heterocycles. The first-order chi connectivity index (χ1) is 7.27. The highest BCUT2D eigenvalue weighted by Gasteiger charge is 1.98. The van der Waals surface area contributed by atoms with Crippen LogP contribution >= 0.6 is 0 Å². The van der Waals surface area contributed by atoms with Crippen LogP contribution in [-0.2, 0) is 0 Å². The van der Waals surface area contributed by atoms with Crippen molar-refractivity contribution < 1.29 is 9.90 Å². The average Bonchev–Trinajstić information content (AvgIpc) is 2.26. The van der Waals surface area contributed by atoms with Crippen LogP contribution in [0.2, 0.25) is 0 Å². The van der Waals surface area contributed by atoms with Crippen molar-refractivity contribution in [1.82, 2.24) is 0 Å². The Morgan fingerprint density at radius 2 is 1.80 bits per heavy atom. The molecule has 4 nitrogen and oxygen atoms in total. The summed E-state index contributed by atoms with van der Waals surface area (Å²) in [5.74, 6) is 0. The molecule has 15 heavy (non-hydrogen) atoms. The first-order valence-electron chi connectivity index (χ1n) is 4.40. The SMILES string of the molecule is O=C(O)N=Nc1cccc2ccccc12. The molecule has 2 aromatic carbocycles. The van der Waals surface area contributed by atoms with Crippen molar-refractivity contribution in [1.29, 1.82) is 0 Å². The minimum atomic E-state index is -1.29. The van der Waals surface area contributed by atoms with Crippen LogP contribution < -0.4 is 0 Å². The van der Waals surface area contributed by atoms with E-state index < -0.39 is 6.09 Å². The summed E-state index contributed by atoms with van der Waals surface area (Å²) in [6, 6.07) is 13.1. The number of hydrogen-bond donors (Lipinski definition) is 1. The Morgan fingerprint density at radius 1 is 1.07 bits per heavy atom. The van der Waals surface area contributed by atoms with Crippen LogP contribution in [0.3, 0.4) is 0 Å². The molecule has 0 atom stereocenters. The van der Waals surface area contributed by atoms with Crippen LogP contribution in [0.15, 0.2) is 52.7 Å². The van der Waals surface area contributed by atoms with Crippen LogP contribution in [-0.4, -0.2) is 11.2 Å². The normalized spacial score (nSPS) is 10.9.